The predicted molar refractivity (Wildman–Crippen MR) is 70.5 cm³/mol. The van der Waals surface area contributed by atoms with E-state index in [0.717, 1.165) is 29.8 Å². The SMILES string of the molecule is Cc1cn[nH]c1CNS(=O)(=O)c1ccc(OC(F)(F)F)cc1. The van der Waals surface area contributed by atoms with Gasteiger partial charge in [0.15, 0.2) is 0 Å². The molecule has 0 radical (unpaired) electrons. The molecule has 0 aliphatic heterocycles. The maximum atomic E-state index is 12.0. The number of alkyl halides is 3. The van der Waals surface area contributed by atoms with E-state index in [9.17, 15) is 21.6 Å². The third-order valence-corrected chi connectivity index (χ3v) is 4.16. The first-order valence-corrected chi connectivity index (χ1v) is 7.50. The van der Waals surface area contributed by atoms with E-state index in [1.165, 1.54) is 0 Å². The fraction of sp³-hybridized carbons (Fsp3) is 0.250. The number of sulfonamides is 1. The first-order valence-electron chi connectivity index (χ1n) is 6.02. The Hall–Kier alpha value is -2.07. The summed E-state index contributed by atoms with van der Waals surface area (Å²) in [5.74, 6) is -0.490. The quantitative estimate of drug-likeness (QED) is 0.876. The number of hydrogen-bond donors (Lipinski definition) is 2. The Balaban J connectivity index is 2.08. The van der Waals surface area contributed by atoms with Crippen LogP contribution in [-0.4, -0.2) is 25.0 Å². The molecule has 0 fully saturated rings. The minimum absolute atomic E-state index is 0.00499. The third-order valence-electron chi connectivity index (χ3n) is 2.74. The number of aromatic nitrogens is 2. The van der Waals surface area contributed by atoms with Gasteiger partial charge in [-0.3, -0.25) is 5.10 Å². The second kappa shape index (κ2) is 5.97. The van der Waals surface area contributed by atoms with Crippen LogP contribution in [0.1, 0.15) is 11.3 Å². The molecule has 6 nitrogen and oxygen atoms in total. The van der Waals surface area contributed by atoms with Crippen molar-refractivity contribution in [2.24, 2.45) is 0 Å². The van der Waals surface area contributed by atoms with Gasteiger partial charge in [-0.05, 0) is 36.8 Å². The Labute approximate surface area is 124 Å². The maximum absolute atomic E-state index is 12.0. The fourth-order valence-electron chi connectivity index (χ4n) is 1.62. The van der Waals surface area contributed by atoms with Crippen LogP contribution in [0.3, 0.4) is 0 Å². The van der Waals surface area contributed by atoms with E-state index in [4.69, 9.17) is 0 Å². The highest BCUT2D eigenvalue weighted by atomic mass is 32.2. The minimum atomic E-state index is -4.82. The molecule has 0 spiro atoms. The fourth-order valence-corrected chi connectivity index (χ4v) is 2.62. The van der Waals surface area contributed by atoms with Gasteiger partial charge in [-0.1, -0.05) is 0 Å². The molecular formula is C12H12F3N3O3S. The highest BCUT2D eigenvalue weighted by Gasteiger charge is 2.31. The first-order chi connectivity index (χ1) is 10.2. The molecule has 120 valence electrons. The molecule has 1 heterocycles. The van der Waals surface area contributed by atoms with Gasteiger partial charge in [-0.2, -0.15) is 5.10 Å². The van der Waals surface area contributed by atoms with Crippen LogP contribution in [0, 0.1) is 6.92 Å². The highest BCUT2D eigenvalue weighted by molar-refractivity contribution is 7.89. The Morgan fingerprint density at radius 3 is 2.41 bits per heavy atom. The Kier molecular flexibility index (Phi) is 4.42. The predicted octanol–water partition coefficient (Wildman–Crippen LogP) is 2.10. The van der Waals surface area contributed by atoms with Crippen LogP contribution in [0.15, 0.2) is 35.4 Å². The number of nitrogens with one attached hydrogen (secondary N) is 2. The van der Waals surface area contributed by atoms with Crippen LogP contribution in [0.5, 0.6) is 5.75 Å². The zero-order valence-electron chi connectivity index (χ0n) is 11.3. The number of aryl methyl sites for hydroxylation is 1. The van der Waals surface area contributed by atoms with E-state index in [1.807, 2.05) is 0 Å². The normalized spacial score (nSPS) is 12.4. The smallest absolute Gasteiger partial charge is 0.406 e. The van der Waals surface area contributed by atoms with Crippen molar-refractivity contribution in [3.05, 3.63) is 41.7 Å². The van der Waals surface area contributed by atoms with Crippen molar-refractivity contribution in [3.8, 4) is 5.75 Å². The molecular weight excluding hydrogens is 323 g/mol. The van der Waals surface area contributed by atoms with E-state index in [2.05, 4.69) is 19.7 Å². The summed E-state index contributed by atoms with van der Waals surface area (Å²) in [6, 6.07) is 3.93. The lowest BCUT2D eigenvalue weighted by molar-refractivity contribution is -0.274. The molecule has 0 aliphatic rings. The van der Waals surface area contributed by atoms with Crippen molar-refractivity contribution in [3.63, 3.8) is 0 Å². The van der Waals surface area contributed by atoms with Gasteiger partial charge in [0.25, 0.3) is 0 Å². The van der Waals surface area contributed by atoms with Crippen LogP contribution >= 0.6 is 0 Å². The number of benzene rings is 1. The zero-order valence-corrected chi connectivity index (χ0v) is 12.1. The van der Waals surface area contributed by atoms with Crippen molar-refractivity contribution >= 4 is 10.0 Å². The number of nitrogens with zero attached hydrogens (tertiary/aromatic N) is 1. The minimum Gasteiger partial charge on any atom is -0.406 e. The van der Waals surface area contributed by atoms with Crippen LogP contribution in [0.25, 0.3) is 0 Å². The summed E-state index contributed by atoms with van der Waals surface area (Å²) in [5.41, 5.74) is 1.39. The Bertz CT molecular complexity index is 739. The van der Waals surface area contributed by atoms with Crippen molar-refractivity contribution in [1.29, 1.82) is 0 Å². The molecule has 2 rings (SSSR count). The van der Waals surface area contributed by atoms with Crippen molar-refractivity contribution in [2.75, 3.05) is 0 Å². The average Bonchev–Trinajstić information content (AvgIpc) is 2.81. The van der Waals surface area contributed by atoms with Crippen LogP contribution in [-0.2, 0) is 16.6 Å². The van der Waals surface area contributed by atoms with E-state index in [-0.39, 0.29) is 11.4 Å². The van der Waals surface area contributed by atoms with Gasteiger partial charge in [0.05, 0.1) is 23.3 Å². The zero-order chi connectivity index (χ0) is 16.4. The largest absolute Gasteiger partial charge is 0.573 e. The molecule has 0 bridgehead atoms. The van der Waals surface area contributed by atoms with Crippen molar-refractivity contribution in [1.82, 2.24) is 14.9 Å². The van der Waals surface area contributed by atoms with Gasteiger partial charge in [0.1, 0.15) is 5.75 Å². The number of rotatable bonds is 5. The summed E-state index contributed by atoms with van der Waals surface area (Å²) in [7, 11) is -3.85. The van der Waals surface area contributed by atoms with E-state index >= 15 is 0 Å². The molecule has 2 N–H and O–H groups in total. The van der Waals surface area contributed by atoms with E-state index in [1.54, 1.807) is 13.1 Å². The highest BCUT2D eigenvalue weighted by Crippen LogP contribution is 2.23. The van der Waals surface area contributed by atoms with Crippen LogP contribution < -0.4 is 9.46 Å². The van der Waals surface area contributed by atoms with Gasteiger partial charge >= 0.3 is 6.36 Å². The number of H-pyrrole nitrogens is 1. The summed E-state index contributed by atoms with van der Waals surface area (Å²) in [5, 5.41) is 6.40. The van der Waals surface area contributed by atoms with Gasteiger partial charge in [0.2, 0.25) is 10.0 Å². The third kappa shape index (κ3) is 4.21. The topological polar surface area (TPSA) is 84.1 Å². The van der Waals surface area contributed by atoms with Gasteiger partial charge in [-0.25, -0.2) is 13.1 Å². The lowest BCUT2D eigenvalue weighted by Gasteiger charge is -2.10. The summed E-state index contributed by atoms with van der Waals surface area (Å²) < 4.78 is 66.1. The lowest BCUT2D eigenvalue weighted by atomic mass is 10.3. The number of hydrogen-bond acceptors (Lipinski definition) is 4. The second-order valence-electron chi connectivity index (χ2n) is 4.38. The van der Waals surface area contributed by atoms with Crippen LogP contribution in [0.2, 0.25) is 0 Å². The average molecular weight is 335 g/mol. The summed E-state index contributed by atoms with van der Waals surface area (Å²) in [4.78, 5) is -0.167. The molecule has 22 heavy (non-hydrogen) atoms. The summed E-state index contributed by atoms with van der Waals surface area (Å²) in [6.07, 6.45) is -3.27. The monoisotopic (exact) mass is 335 g/mol. The second-order valence-corrected chi connectivity index (χ2v) is 6.14. The first kappa shape index (κ1) is 16.3. The van der Waals surface area contributed by atoms with Gasteiger partial charge < -0.3 is 4.74 Å². The lowest BCUT2D eigenvalue weighted by Crippen LogP contribution is -2.24. The van der Waals surface area contributed by atoms with Crippen molar-refractivity contribution < 1.29 is 26.3 Å². The Morgan fingerprint density at radius 2 is 1.91 bits per heavy atom. The molecule has 0 unspecified atom stereocenters. The number of halogens is 3. The van der Waals surface area contributed by atoms with Gasteiger partial charge in [-0.15, -0.1) is 13.2 Å². The molecule has 0 atom stereocenters. The molecule has 1 aromatic carbocycles. The van der Waals surface area contributed by atoms with E-state index < -0.39 is 22.1 Å². The standard InChI is InChI=1S/C12H12F3N3O3S/c1-8-6-16-18-11(8)7-17-22(19,20)10-4-2-9(3-5-10)21-12(13,14)15/h2-6,17H,7H2,1H3,(H,16,18). The molecule has 0 aliphatic carbocycles. The number of aromatic amines is 1. The maximum Gasteiger partial charge on any atom is 0.573 e. The molecule has 0 saturated carbocycles. The van der Waals surface area contributed by atoms with Gasteiger partial charge in [0, 0.05) is 0 Å². The van der Waals surface area contributed by atoms with Crippen LogP contribution in [0.4, 0.5) is 13.2 Å². The molecule has 2 aromatic rings. The summed E-state index contributed by atoms with van der Waals surface area (Å²) in [6.45, 7) is 1.76. The van der Waals surface area contributed by atoms with E-state index in [0.29, 0.717) is 5.69 Å². The molecule has 1 aromatic heterocycles. The molecule has 0 saturated heterocycles. The van der Waals surface area contributed by atoms with Crippen molar-refractivity contribution in [2.45, 2.75) is 24.7 Å². The Morgan fingerprint density at radius 1 is 1.27 bits per heavy atom. The molecule has 0 amide bonds. The summed E-state index contributed by atoms with van der Waals surface area (Å²) >= 11 is 0. The number of ether oxygens (including phenoxy) is 1. The molecule has 10 heteroatoms.